The van der Waals surface area contributed by atoms with Gasteiger partial charge in [0.15, 0.2) is 0 Å². The molecule has 1 aliphatic carbocycles. The molecular formula is C31H31NO4. The van der Waals surface area contributed by atoms with Crippen LogP contribution in [0.3, 0.4) is 0 Å². The van der Waals surface area contributed by atoms with Crippen molar-refractivity contribution in [1.29, 1.82) is 0 Å². The molecule has 2 amide bonds. The van der Waals surface area contributed by atoms with Crippen molar-refractivity contribution < 1.29 is 19.1 Å². The number of nitrogens with zero attached hydrogens (tertiary/aromatic N) is 1. The average Bonchev–Trinajstić information content (AvgIpc) is 3.16. The van der Waals surface area contributed by atoms with Crippen LogP contribution >= 0.6 is 0 Å². The SMILES string of the molecule is CC(CN1C(=O)C2CCCCC2C1=O)OC(=O)C(c1ccccc1)(c1ccccc1)c1ccccc1. The Labute approximate surface area is 212 Å². The number of rotatable bonds is 7. The lowest BCUT2D eigenvalue weighted by molar-refractivity contribution is -0.156. The standard InChI is InChI=1S/C31H31NO4/c1-22(21-32-28(33)26-19-11-12-20-27(26)29(32)34)36-30(35)31(23-13-5-2-6-14-23,24-15-7-3-8-16-24)25-17-9-4-10-18-25/h2-10,13-18,22,26-27H,11-12,19-21H2,1H3. The van der Waals surface area contributed by atoms with Crippen LogP contribution in [-0.2, 0) is 24.5 Å². The van der Waals surface area contributed by atoms with Gasteiger partial charge >= 0.3 is 5.97 Å². The topological polar surface area (TPSA) is 63.7 Å². The van der Waals surface area contributed by atoms with Gasteiger partial charge in [0.25, 0.3) is 0 Å². The second kappa shape index (κ2) is 10.1. The van der Waals surface area contributed by atoms with Crippen molar-refractivity contribution in [2.45, 2.75) is 44.1 Å². The lowest BCUT2D eigenvalue weighted by Gasteiger charge is -2.35. The third kappa shape index (κ3) is 4.13. The van der Waals surface area contributed by atoms with Crippen molar-refractivity contribution in [3.05, 3.63) is 108 Å². The molecule has 2 aliphatic rings. The molecule has 1 heterocycles. The maximum absolute atomic E-state index is 14.3. The van der Waals surface area contributed by atoms with Crippen molar-refractivity contribution >= 4 is 17.8 Å². The van der Waals surface area contributed by atoms with E-state index in [1.807, 2.05) is 91.0 Å². The Morgan fingerprint density at radius 2 is 1.17 bits per heavy atom. The molecule has 0 radical (unpaired) electrons. The molecule has 184 valence electrons. The summed E-state index contributed by atoms with van der Waals surface area (Å²) in [5.41, 5.74) is 1.17. The van der Waals surface area contributed by atoms with Gasteiger partial charge in [-0.2, -0.15) is 0 Å². The summed E-state index contributed by atoms with van der Waals surface area (Å²) in [7, 11) is 0. The molecule has 36 heavy (non-hydrogen) atoms. The van der Waals surface area contributed by atoms with Gasteiger partial charge in [-0.1, -0.05) is 104 Å². The van der Waals surface area contributed by atoms with Gasteiger partial charge in [-0.25, -0.2) is 0 Å². The minimum absolute atomic E-state index is 0.0743. The zero-order valence-corrected chi connectivity index (χ0v) is 20.5. The first kappa shape index (κ1) is 24.0. The van der Waals surface area contributed by atoms with Crippen LogP contribution in [0.2, 0.25) is 0 Å². The van der Waals surface area contributed by atoms with Gasteiger partial charge in [0.2, 0.25) is 11.8 Å². The highest BCUT2D eigenvalue weighted by Crippen LogP contribution is 2.41. The largest absolute Gasteiger partial charge is 0.460 e. The Bertz CT molecular complexity index is 1100. The highest BCUT2D eigenvalue weighted by atomic mass is 16.5. The number of hydrogen-bond donors (Lipinski definition) is 0. The molecule has 5 heteroatoms. The molecule has 0 aromatic heterocycles. The van der Waals surface area contributed by atoms with Crippen LogP contribution in [0, 0.1) is 11.8 Å². The summed E-state index contributed by atoms with van der Waals surface area (Å²) >= 11 is 0. The molecule has 0 spiro atoms. The Kier molecular flexibility index (Phi) is 6.73. The summed E-state index contributed by atoms with van der Waals surface area (Å²) in [5, 5.41) is 0. The van der Waals surface area contributed by atoms with Crippen molar-refractivity contribution in [3.8, 4) is 0 Å². The zero-order chi connectivity index (χ0) is 25.1. The molecule has 3 unspecified atom stereocenters. The van der Waals surface area contributed by atoms with E-state index in [2.05, 4.69) is 0 Å². The number of imide groups is 1. The van der Waals surface area contributed by atoms with Crippen LogP contribution < -0.4 is 0 Å². The Morgan fingerprint density at radius 1 is 0.778 bits per heavy atom. The van der Waals surface area contributed by atoms with Crippen LogP contribution in [0.25, 0.3) is 0 Å². The summed E-state index contributed by atoms with van der Waals surface area (Å²) in [4.78, 5) is 41.6. The first-order chi connectivity index (χ1) is 17.5. The van der Waals surface area contributed by atoms with Crippen LogP contribution in [0.1, 0.15) is 49.3 Å². The van der Waals surface area contributed by atoms with E-state index in [1.54, 1.807) is 6.92 Å². The lowest BCUT2D eigenvalue weighted by Crippen LogP contribution is -2.44. The molecule has 1 aliphatic heterocycles. The zero-order valence-electron chi connectivity index (χ0n) is 20.5. The molecule has 0 N–H and O–H groups in total. The molecule has 1 saturated carbocycles. The maximum atomic E-state index is 14.3. The van der Waals surface area contributed by atoms with Crippen LogP contribution in [-0.4, -0.2) is 35.3 Å². The third-order valence-electron chi connectivity index (χ3n) is 7.61. The summed E-state index contributed by atoms with van der Waals surface area (Å²) in [6.45, 7) is 1.83. The predicted octanol–water partition coefficient (Wildman–Crippen LogP) is 5.13. The number of fused-ring (bicyclic) bond motifs is 1. The Balaban J connectivity index is 1.49. The summed E-state index contributed by atoms with van der Waals surface area (Å²) in [6.07, 6.45) is 2.83. The molecule has 5 rings (SSSR count). The van der Waals surface area contributed by atoms with Crippen molar-refractivity contribution in [1.82, 2.24) is 4.90 Å². The molecule has 1 saturated heterocycles. The van der Waals surface area contributed by atoms with Crippen LogP contribution in [0.4, 0.5) is 0 Å². The second-order valence-electron chi connectivity index (χ2n) is 9.85. The van der Waals surface area contributed by atoms with E-state index in [-0.39, 0.29) is 30.2 Å². The molecule has 3 atom stereocenters. The van der Waals surface area contributed by atoms with Crippen LogP contribution in [0.15, 0.2) is 91.0 Å². The third-order valence-corrected chi connectivity index (χ3v) is 7.61. The van der Waals surface area contributed by atoms with E-state index >= 15 is 0 Å². The number of hydrogen-bond acceptors (Lipinski definition) is 4. The number of esters is 1. The maximum Gasteiger partial charge on any atom is 0.325 e. The van der Waals surface area contributed by atoms with Gasteiger partial charge < -0.3 is 4.74 Å². The molecular weight excluding hydrogens is 450 g/mol. The number of carbonyl (C=O) groups excluding carboxylic acids is 3. The van der Waals surface area contributed by atoms with Gasteiger partial charge in [-0.3, -0.25) is 19.3 Å². The lowest BCUT2D eigenvalue weighted by atomic mass is 9.69. The first-order valence-electron chi connectivity index (χ1n) is 12.8. The number of benzene rings is 3. The normalized spacial score (nSPS) is 20.6. The molecule has 2 fully saturated rings. The van der Waals surface area contributed by atoms with E-state index in [9.17, 15) is 14.4 Å². The monoisotopic (exact) mass is 481 g/mol. The van der Waals surface area contributed by atoms with Gasteiger partial charge in [0, 0.05) is 0 Å². The predicted molar refractivity (Wildman–Crippen MR) is 137 cm³/mol. The summed E-state index contributed by atoms with van der Waals surface area (Å²) in [5.74, 6) is -1.10. The molecule has 0 bridgehead atoms. The minimum atomic E-state index is -1.20. The van der Waals surface area contributed by atoms with Crippen molar-refractivity contribution in [2.24, 2.45) is 11.8 Å². The minimum Gasteiger partial charge on any atom is -0.460 e. The van der Waals surface area contributed by atoms with E-state index in [1.165, 1.54) is 4.90 Å². The fourth-order valence-electron chi connectivity index (χ4n) is 5.89. The van der Waals surface area contributed by atoms with Gasteiger partial charge in [0.05, 0.1) is 18.4 Å². The van der Waals surface area contributed by atoms with E-state index < -0.39 is 17.5 Å². The smallest absolute Gasteiger partial charge is 0.325 e. The fourth-order valence-corrected chi connectivity index (χ4v) is 5.89. The number of carbonyl (C=O) groups is 3. The summed E-state index contributed by atoms with van der Waals surface area (Å²) < 4.78 is 6.11. The number of ether oxygens (including phenoxy) is 1. The number of amides is 2. The quantitative estimate of drug-likeness (QED) is 0.267. The highest BCUT2D eigenvalue weighted by molar-refractivity contribution is 6.05. The molecule has 3 aromatic rings. The van der Waals surface area contributed by atoms with Gasteiger partial charge in [0.1, 0.15) is 11.5 Å². The Hall–Kier alpha value is -3.73. The number of likely N-dealkylation sites (tertiary alicyclic amines) is 1. The van der Waals surface area contributed by atoms with E-state index in [4.69, 9.17) is 4.74 Å². The average molecular weight is 482 g/mol. The van der Waals surface area contributed by atoms with E-state index in [0.29, 0.717) is 0 Å². The van der Waals surface area contributed by atoms with Crippen molar-refractivity contribution in [3.63, 3.8) is 0 Å². The fraction of sp³-hybridized carbons (Fsp3) is 0.323. The Morgan fingerprint density at radius 3 is 1.56 bits per heavy atom. The first-order valence-corrected chi connectivity index (χ1v) is 12.8. The van der Waals surface area contributed by atoms with Gasteiger partial charge in [-0.15, -0.1) is 0 Å². The molecule has 3 aromatic carbocycles. The summed E-state index contributed by atoms with van der Waals surface area (Å²) in [6, 6.07) is 28.8. The van der Waals surface area contributed by atoms with E-state index in [0.717, 1.165) is 42.4 Å². The van der Waals surface area contributed by atoms with Crippen LogP contribution in [0.5, 0.6) is 0 Å². The molecule has 5 nitrogen and oxygen atoms in total. The highest BCUT2D eigenvalue weighted by Gasteiger charge is 2.49. The second-order valence-corrected chi connectivity index (χ2v) is 9.85. The van der Waals surface area contributed by atoms with Crippen molar-refractivity contribution in [2.75, 3.05) is 6.54 Å². The van der Waals surface area contributed by atoms with Gasteiger partial charge in [-0.05, 0) is 36.5 Å².